The zero-order chi connectivity index (χ0) is 29.1. The van der Waals surface area contributed by atoms with Gasteiger partial charge in [0.15, 0.2) is 0 Å². The van der Waals surface area contributed by atoms with Gasteiger partial charge in [0.1, 0.15) is 29.8 Å². The van der Waals surface area contributed by atoms with E-state index in [0.29, 0.717) is 35.9 Å². The molecule has 8 nitrogen and oxygen atoms in total. The summed E-state index contributed by atoms with van der Waals surface area (Å²) >= 11 is 0. The van der Waals surface area contributed by atoms with Gasteiger partial charge in [-0.3, -0.25) is 9.36 Å². The number of rotatable bonds is 10. The van der Waals surface area contributed by atoms with Gasteiger partial charge in [-0.15, -0.1) is 0 Å². The van der Waals surface area contributed by atoms with E-state index in [4.69, 9.17) is 14.7 Å². The van der Waals surface area contributed by atoms with Crippen LogP contribution in [-0.2, 0) is 11.2 Å². The van der Waals surface area contributed by atoms with E-state index in [0.717, 1.165) is 54.1 Å². The average Bonchev–Trinajstić information content (AvgIpc) is 3.44. The normalized spacial score (nSPS) is 18.4. The highest BCUT2D eigenvalue weighted by atomic mass is 16.5. The average molecular weight is 563 g/mol. The third kappa shape index (κ3) is 5.46. The van der Waals surface area contributed by atoms with Gasteiger partial charge in [0, 0.05) is 18.0 Å². The fraction of sp³-hybridized carbons (Fsp3) is 0.353. The van der Waals surface area contributed by atoms with Gasteiger partial charge in [-0.1, -0.05) is 73.2 Å². The maximum absolute atomic E-state index is 14.3. The summed E-state index contributed by atoms with van der Waals surface area (Å²) in [5.74, 6) is 2.57. The summed E-state index contributed by atoms with van der Waals surface area (Å²) in [5, 5.41) is 7.77. The molecule has 1 aliphatic heterocycles. The zero-order valence-electron chi connectivity index (χ0n) is 24.5. The first-order valence-corrected chi connectivity index (χ1v) is 14.9. The van der Waals surface area contributed by atoms with Crippen molar-refractivity contribution in [2.45, 2.75) is 58.0 Å². The lowest BCUT2D eigenvalue weighted by Crippen LogP contribution is -2.35. The van der Waals surface area contributed by atoms with Crippen LogP contribution < -0.4 is 16.2 Å². The van der Waals surface area contributed by atoms with Gasteiger partial charge < -0.3 is 15.4 Å². The van der Waals surface area contributed by atoms with Crippen molar-refractivity contribution in [3.63, 3.8) is 0 Å². The first-order valence-electron chi connectivity index (χ1n) is 14.9. The number of hydrogen-bond donors (Lipinski definition) is 2. The van der Waals surface area contributed by atoms with E-state index < -0.39 is 6.04 Å². The molecule has 2 aromatic carbocycles. The Labute approximate surface area is 246 Å². The number of benzene rings is 2. The van der Waals surface area contributed by atoms with Crippen LogP contribution in [0.1, 0.15) is 67.2 Å². The molecule has 0 saturated carbocycles. The number of aryl methyl sites for hydroxylation is 1. The third-order valence-corrected chi connectivity index (χ3v) is 8.44. The molecule has 0 fully saturated rings. The highest BCUT2D eigenvalue weighted by molar-refractivity contribution is 5.81. The van der Waals surface area contributed by atoms with Crippen LogP contribution in [0, 0.1) is 6.92 Å². The molecule has 0 amide bonds. The van der Waals surface area contributed by atoms with Gasteiger partial charge in [-0.05, 0) is 50.3 Å². The molecule has 2 aliphatic rings. The van der Waals surface area contributed by atoms with Crippen molar-refractivity contribution in [2.24, 2.45) is 0 Å². The first-order chi connectivity index (χ1) is 20.5. The standard InChI is InChI=1S/C34H38N6O2/c1-4-25-19-35-31-30(25)32(37-21-36-31)38-27(20-42-18-17-24-13-6-5-7-14-24)33-39-26-15-10-12-23(3)29(26)34(41)40(33)28-16-9-8-11-22(28)2/h5-15,21,25,27-28H,4,16-20H2,1-3H3,(H2,35,36,37,38)/t25-,27?,28?/m1/s1. The van der Waals surface area contributed by atoms with Crippen molar-refractivity contribution in [1.29, 1.82) is 0 Å². The second kappa shape index (κ2) is 12.3. The molecule has 0 spiro atoms. The maximum atomic E-state index is 14.3. The molecule has 0 saturated heterocycles. The lowest BCUT2D eigenvalue weighted by Gasteiger charge is -2.29. The first kappa shape index (κ1) is 27.8. The molecule has 216 valence electrons. The highest BCUT2D eigenvalue weighted by Crippen LogP contribution is 2.38. The summed E-state index contributed by atoms with van der Waals surface area (Å²) in [6.07, 6.45) is 10.3. The van der Waals surface area contributed by atoms with Crippen molar-refractivity contribution in [3.05, 3.63) is 112 Å². The molecule has 4 aromatic rings. The van der Waals surface area contributed by atoms with Crippen LogP contribution in [0.2, 0.25) is 0 Å². The Bertz CT molecular complexity index is 1690. The van der Waals surface area contributed by atoms with E-state index in [1.54, 1.807) is 6.33 Å². The Hall–Kier alpha value is -4.30. The number of ether oxygens (including phenoxy) is 1. The fourth-order valence-electron chi connectivity index (χ4n) is 6.10. The maximum Gasteiger partial charge on any atom is 0.262 e. The molecule has 1 aliphatic carbocycles. The Morgan fingerprint density at radius 1 is 1.12 bits per heavy atom. The van der Waals surface area contributed by atoms with Gasteiger partial charge in [0.2, 0.25) is 0 Å². The Morgan fingerprint density at radius 2 is 1.98 bits per heavy atom. The number of nitrogens with zero attached hydrogens (tertiary/aromatic N) is 4. The molecule has 2 aromatic heterocycles. The topological polar surface area (TPSA) is 94.0 Å². The van der Waals surface area contributed by atoms with Crippen LogP contribution in [0.3, 0.4) is 0 Å². The second-order valence-corrected chi connectivity index (χ2v) is 11.2. The molecule has 8 heteroatoms. The van der Waals surface area contributed by atoms with Crippen molar-refractivity contribution in [2.75, 3.05) is 30.4 Å². The predicted octanol–water partition coefficient (Wildman–Crippen LogP) is 6.27. The quantitative estimate of drug-likeness (QED) is 0.220. The van der Waals surface area contributed by atoms with Gasteiger partial charge >= 0.3 is 0 Å². The summed E-state index contributed by atoms with van der Waals surface area (Å²) < 4.78 is 8.23. The SMILES string of the molecule is CC[C@@H]1CNc2ncnc(NC(COCCc3ccccc3)c3nc4cccc(C)c4c(=O)n3C3CC=CC=C3C)c21. The fourth-order valence-corrected chi connectivity index (χ4v) is 6.10. The van der Waals surface area contributed by atoms with Crippen molar-refractivity contribution in [3.8, 4) is 0 Å². The van der Waals surface area contributed by atoms with E-state index in [-0.39, 0.29) is 11.6 Å². The van der Waals surface area contributed by atoms with E-state index in [1.165, 1.54) is 5.56 Å². The molecule has 2 N–H and O–H groups in total. The van der Waals surface area contributed by atoms with Crippen LogP contribution >= 0.6 is 0 Å². The number of fused-ring (bicyclic) bond motifs is 2. The van der Waals surface area contributed by atoms with Crippen LogP contribution in [-0.4, -0.2) is 39.3 Å². The zero-order valence-corrected chi connectivity index (χ0v) is 24.5. The van der Waals surface area contributed by atoms with Crippen molar-refractivity contribution < 1.29 is 4.74 Å². The minimum Gasteiger partial charge on any atom is -0.378 e. The van der Waals surface area contributed by atoms with Crippen molar-refractivity contribution >= 4 is 22.5 Å². The van der Waals surface area contributed by atoms with Gasteiger partial charge in [0.25, 0.3) is 5.56 Å². The summed E-state index contributed by atoms with van der Waals surface area (Å²) in [6, 6.07) is 15.6. The summed E-state index contributed by atoms with van der Waals surface area (Å²) in [4.78, 5) is 28.7. The molecular weight excluding hydrogens is 524 g/mol. The number of hydrogen-bond acceptors (Lipinski definition) is 7. The Kier molecular flexibility index (Phi) is 8.15. The molecule has 2 unspecified atom stereocenters. The Morgan fingerprint density at radius 3 is 2.79 bits per heavy atom. The summed E-state index contributed by atoms with van der Waals surface area (Å²) in [6.45, 7) is 7.94. The van der Waals surface area contributed by atoms with Gasteiger partial charge in [0.05, 0.1) is 30.2 Å². The van der Waals surface area contributed by atoms with Crippen LogP contribution in [0.25, 0.3) is 10.9 Å². The molecule has 3 heterocycles. The van der Waals surface area contributed by atoms with Crippen LogP contribution in [0.15, 0.2) is 83.5 Å². The minimum absolute atomic E-state index is 0.0294. The van der Waals surface area contributed by atoms with E-state index >= 15 is 0 Å². The van der Waals surface area contributed by atoms with Crippen molar-refractivity contribution in [1.82, 2.24) is 19.5 Å². The molecule has 6 rings (SSSR count). The number of nitrogens with one attached hydrogen (secondary N) is 2. The summed E-state index contributed by atoms with van der Waals surface area (Å²) in [5.41, 5.74) is 5.01. The summed E-state index contributed by atoms with van der Waals surface area (Å²) in [7, 11) is 0. The third-order valence-electron chi connectivity index (χ3n) is 8.44. The highest BCUT2D eigenvalue weighted by Gasteiger charge is 2.31. The molecule has 0 radical (unpaired) electrons. The van der Waals surface area contributed by atoms with Crippen LogP contribution in [0.5, 0.6) is 0 Å². The molecule has 3 atom stereocenters. The Balaban J connectivity index is 1.44. The van der Waals surface area contributed by atoms with E-state index in [2.05, 4.69) is 59.8 Å². The number of allylic oxidation sites excluding steroid dienone is 4. The number of aromatic nitrogens is 4. The predicted molar refractivity (Wildman–Crippen MR) is 168 cm³/mol. The molecular formula is C34H38N6O2. The van der Waals surface area contributed by atoms with Gasteiger partial charge in [-0.2, -0.15) is 0 Å². The largest absolute Gasteiger partial charge is 0.378 e. The molecule has 0 bridgehead atoms. The van der Waals surface area contributed by atoms with Gasteiger partial charge in [-0.25, -0.2) is 15.0 Å². The van der Waals surface area contributed by atoms with E-state index in [9.17, 15) is 4.79 Å². The molecule has 42 heavy (non-hydrogen) atoms. The second-order valence-electron chi connectivity index (χ2n) is 11.2. The monoisotopic (exact) mass is 562 g/mol. The lowest BCUT2D eigenvalue weighted by molar-refractivity contribution is 0.124. The van der Waals surface area contributed by atoms with Crippen LogP contribution in [0.4, 0.5) is 11.6 Å². The lowest BCUT2D eigenvalue weighted by atomic mass is 9.98. The number of anilines is 2. The smallest absolute Gasteiger partial charge is 0.262 e. The minimum atomic E-state index is -0.422. The van der Waals surface area contributed by atoms with E-state index in [1.807, 2.05) is 47.9 Å².